The Balaban J connectivity index is 2.78. The first-order valence-electron chi connectivity index (χ1n) is 8.27. The quantitative estimate of drug-likeness (QED) is 0.733. The van der Waals surface area contributed by atoms with E-state index in [0.29, 0.717) is 0 Å². The lowest BCUT2D eigenvalue weighted by molar-refractivity contribution is 1.07. The fraction of sp³-hybridized carbons (Fsp3) is 0.421. The second-order valence-electron chi connectivity index (χ2n) is 8.24. The van der Waals surface area contributed by atoms with E-state index in [0.717, 1.165) is 22.4 Å². The summed E-state index contributed by atoms with van der Waals surface area (Å²) in [6, 6.07) is 11.9. The molecule has 0 bridgehead atoms. The third-order valence-electron chi connectivity index (χ3n) is 4.84. The van der Waals surface area contributed by atoms with E-state index in [9.17, 15) is 0 Å². The Morgan fingerprint density at radius 1 is 0.731 bits per heavy atom. The zero-order valence-corrected chi connectivity index (χ0v) is 18.2. The monoisotopic (exact) mass is 375 g/mol. The van der Waals surface area contributed by atoms with Crippen molar-refractivity contribution in [3.63, 3.8) is 0 Å². The van der Waals surface area contributed by atoms with Gasteiger partial charge in [-0.3, -0.25) is 25.0 Å². The van der Waals surface area contributed by atoms with E-state index in [4.69, 9.17) is 31.4 Å². The molecule has 7 heteroatoms. The SMILES string of the molecule is [B]C([B])(c1cnc(-c2ccccc2)cc1C([B])([B])S(C)(C)C)S(C)(C)C. The predicted molar refractivity (Wildman–Crippen MR) is 127 cm³/mol. The first kappa shape index (κ1) is 21.6. The van der Waals surface area contributed by atoms with Crippen LogP contribution in [0.5, 0.6) is 0 Å². The molecular formula is C19H25B4NS2. The second-order valence-corrected chi connectivity index (χ2v) is 16.9. The highest BCUT2D eigenvalue weighted by molar-refractivity contribution is 8.34. The molecule has 0 unspecified atom stereocenters. The minimum Gasteiger partial charge on any atom is -0.256 e. The molecule has 26 heavy (non-hydrogen) atoms. The van der Waals surface area contributed by atoms with Gasteiger partial charge in [-0.1, -0.05) is 30.3 Å². The molecule has 0 saturated heterocycles. The molecule has 1 nitrogen and oxygen atoms in total. The molecule has 0 N–H and O–H groups in total. The Morgan fingerprint density at radius 2 is 1.19 bits per heavy atom. The molecule has 2 rings (SSSR count). The molecule has 0 fully saturated rings. The molecule has 1 heterocycles. The number of hydrogen-bond acceptors (Lipinski definition) is 1. The molecule has 8 radical (unpaired) electrons. The molecular weight excluding hydrogens is 350 g/mol. The van der Waals surface area contributed by atoms with Crippen molar-refractivity contribution < 1.29 is 0 Å². The van der Waals surface area contributed by atoms with Crippen LogP contribution < -0.4 is 0 Å². The number of pyridine rings is 1. The van der Waals surface area contributed by atoms with Crippen molar-refractivity contribution in [1.29, 1.82) is 0 Å². The summed E-state index contributed by atoms with van der Waals surface area (Å²) in [5, 5.41) is 0. The van der Waals surface area contributed by atoms with Gasteiger partial charge in [0.25, 0.3) is 0 Å². The van der Waals surface area contributed by atoms with Crippen molar-refractivity contribution in [1.82, 2.24) is 4.98 Å². The molecule has 0 aliphatic carbocycles. The molecule has 0 saturated carbocycles. The number of rotatable bonds is 5. The standard InChI is InChI=1S/C19H25B4NS2/c1-25(2,3)18(20,21)15-12-17(14-10-8-7-9-11-14)24-13-16(15)19(22,23)26(4,5)6/h7-13H,1-6H3. The van der Waals surface area contributed by atoms with Crippen LogP contribution in [0.3, 0.4) is 0 Å². The van der Waals surface area contributed by atoms with Gasteiger partial charge in [-0.15, -0.1) is 0 Å². The average molecular weight is 375 g/mol. The minimum absolute atomic E-state index is 0.729. The van der Waals surface area contributed by atoms with Crippen LogP contribution in [0.1, 0.15) is 11.1 Å². The Hall–Kier alpha value is -0.670. The third kappa shape index (κ3) is 3.94. The van der Waals surface area contributed by atoms with Crippen molar-refractivity contribution >= 4 is 51.4 Å². The van der Waals surface area contributed by atoms with Crippen LogP contribution in [0.25, 0.3) is 11.3 Å². The largest absolute Gasteiger partial charge is 0.256 e. The summed E-state index contributed by atoms with van der Waals surface area (Å²) in [6.45, 7) is 0. The topological polar surface area (TPSA) is 12.9 Å². The molecule has 0 atom stereocenters. The van der Waals surface area contributed by atoms with Crippen LogP contribution in [0.2, 0.25) is 0 Å². The van der Waals surface area contributed by atoms with Gasteiger partial charge in [0.2, 0.25) is 0 Å². The second kappa shape index (κ2) is 7.05. The zero-order chi connectivity index (χ0) is 20.0. The van der Waals surface area contributed by atoms with Crippen LogP contribution in [0, 0.1) is 0 Å². The molecule has 0 amide bonds. The minimum atomic E-state index is -1.36. The molecule has 2 aromatic rings. The average Bonchev–Trinajstić information content (AvgIpc) is 2.53. The smallest absolute Gasteiger partial charge is 0.0805 e. The van der Waals surface area contributed by atoms with Crippen LogP contribution in [0.4, 0.5) is 0 Å². The lowest BCUT2D eigenvalue weighted by Crippen LogP contribution is -2.40. The maximum atomic E-state index is 6.69. The summed E-state index contributed by atoms with van der Waals surface area (Å²) >= 11 is 0. The van der Waals surface area contributed by atoms with Crippen molar-refractivity contribution in [2.24, 2.45) is 0 Å². The van der Waals surface area contributed by atoms with E-state index in [1.165, 1.54) is 0 Å². The highest BCUT2D eigenvalue weighted by Gasteiger charge is 2.38. The van der Waals surface area contributed by atoms with Gasteiger partial charge >= 0.3 is 0 Å². The predicted octanol–water partition coefficient (Wildman–Crippen LogP) is 3.03. The summed E-state index contributed by atoms with van der Waals surface area (Å²) in [5.41, 5.74) is 3.32. The summed E-state index contributed by atoms with van der Waals surface area (Å²) in [4.78, 5) is 4.64. The number of aromatic nitrogens is 1. The van der Waals surface area contributed by atoms with Gasteiger partial charge in [-0.25, -0.2) is 0 Å². The molecule has 1 aromatic carbocycles. The number of benzene rings is 1. The number of nitrogens with zero attached hydrogens (tertiary/aromatic N) is 1. The summed E-state index contributed by atoms with van der Waals surface area (Å²) in [7, 11) is 23.9. The summed E-state index contributed by atoms with van der Waals surface area (Å²) < 4.78 is -2.08. The maximum absolute atomic E-state index is 6.69. The Kier molecular flexibility index (Phi) is 5.87. The molecule has 0 aliphatic rings. The fourth-order valence-corrected chi connectivity index (χ4v) is 4.17. The van der Waals surface area contributed by atoms with E-state index < -0.39 is 29.1 Å². The van der Waals surface area contributed by atoms with Gasteiger partial charge in [-0.2, -0.15) is 0 Å². The lowest BCUT2D eigenvalue weighted by Gasteiger charge is -2.52. The highest BCUT2D eigenvalue weighted by atomic mass is 32.3. The molecule has 0 spiro atoms. The van der Waals surface area contributed by atoms with Gasteiger partial charge in [-0.05, 0) is 63.8 Å². The van der Waals surface area contributed by atoms with Gasteiger partial charge in [0.05, 0.1) is 37.1 Å². The van der Waals surface area contributed by atoms with Crippen LogP contribution in [-0.4, -0.2) is 73.9 Å². The van der Waals surface area contributed by atoms with E-state index >= 15 is 0 Å². The van der Waals surface area contributed by atoms with Crippen molar-refractivity contribution in [3.05, 3.63) is 53.7 Å². The van der Waals surface area contributed by atoms with Crippen molar-refractivity contribution in [3.8, 4) is 11.3 Å². The molecule has 130 valence electrons. The Morgan fingerprint density at radius 3 is 1.65 bits per heavy atom. The van der Waals surface area contributed by atoms with Crippen LogP contribution in [-0.2, 0) is 9.09 Å². The molecule has 0 aliphatic heterocycles. The van der Waals surface area contributed by atoms with Gasteiger partial charge < -0.3 is 0 Å². The van der Waals surface area contributed by atoms with Crippen LogP contribution >= 0.6 is 20.1 Å². The highest BCUT2D eigenvalue weighted by Crippen LogP contribution is 2.58. The summed E-state index contributed by atoms with van der Waals surface area (Å²) in [6.07, 6.45) is 14.3. The fourth-order valence-electron chi connectivity index (χ4n) is 2.52. The lowest BCUT2D eigenvalue weighted by atomic mass is 9.58. The Bertz CT molecular complexity index is 778. The normalized spacial score (nSPS) is 14.8. The van der Waals surface area contributed by atoms with Gasteiger partial charge in [0.1, 0.15) is 0 Å². The molecule has 1 aromatic heterocycles. The van der Waals surface area contributed by atoms with E-state index in [1.807, 2.05) is 36.4 Å². The van der Waals surface area contributed by atoms with Crippen molar-refractivity contribution in [2.45, 2.75) is 9.09 Å². The summed E-state index contributed by atoms with van der Waals surface area (Å²) in [5.74, 6) is 0. The van der Waals surface area contributed by atoms with Gasteiger partial charge in [0, 0.05) is 11.8 Å². The van der Waals surface area contributed by atoms with E-state index in [-0.39, 0.29) is 0 Å². The zero-order valence-electron chi connectivity index (χ0n) is 16.6. The van der Waals surface area contributed by atoms with Gasteiger partial charge in [0.15, 0.2) is 0 Å². The van der Waals surface area contributed by atoms with E-state index in [2.05, 4.69) is 42.5 Å². The Labute approximate surface area is 167 Å². The van der Waals surface area contributed by atoms with Crippen LogP contribution in [0.15, 0.2) is 42.6 Å². The maximum Gasteiger partial charge on any atom is 0.0805 e. The third-order valence-corrected chi connectivity index (χ3v) is 9.34. The van der Waals surface area contributed by atoms with E-state index in [1.54, 1.807) is 6.20 Å². The number of hydrogen-bond donors (Lipinski definition) is 0. The van der Waals surface area contributed by atoms with Crippen molar-refractivity contribution in [2.75, 3.05) is 37.5 Å². The first-order valence-corrected chi connectivity index (χ1v) is 14.0. The first-order chi connectivity index (χ1) is 11.7.